The molecular weight excluding hydrogens is 266 g/mol. The van der Waals surface area contributed by atoms with Crippen molar-refractivity contribution in [1.82, 2.24) is 0 Å². The lowest BCUT2D eigenvalue weighted by molar-refractivity contribution is -0.385. The van der Waals surface area contributed by atoms with Gasteiger partial charge in [0, 0.05) is 12.0 Å². The lowest BCUT2D eigenvalue weighted by atomic mass is 10.1. The van der Waals surface area contributed by atoms with Crippen LogP contribution in [0.3, 0.4) is 0 Å². The average molecular weight is 279 g/mol. The van der Waals surface area contributed by atoms with Crippen LogP contribution in [-0.2, 0) is 9.53 Å². The van der Waals surface area contributed by atoms with Gasteiger partial charge in [-0.05, 0) is 12.1 Å². The summed E-state index contributed by atoms with van der Waals surface area (Å²) < 4.78 is 14.9. The lowest BCUT2D eigenvalue weighted by Crippen LogP contribution is -1.99. The van der Waals surface area contributed by atoms with Crippen molar-refractivity contribution in [3.05, 3.63) is 33.4 Å². The van der Waals surface area contributed by atoms with Gasteiger partial charge in [-0.2, -0.15) is 0 Å². The van der Waals surface area contributed by atoms with Crippen LogP contribution in [0.1, 0.15) is 12.0 Å². The number of nitrogens with zero attached hydrogens (tertiary/aromatic N) is 1. The fraction of sp³-hybridized carbons (Fsp3) is 0.308. The molecule has 0 spiro atoms. The Morgan fingerprint density at radius 3 is 2.45 bits per heavy atom. The van der Waals surface area contributed by atoms with Crippen LogP contribution in [0.15, 0.2) is 17.7 Å². The number of rotatable bonds is 4. The smallest absolute Gasteiger partial charge is 0.334 e. The standard InChI is InChI=1S/C13H13NO6/c1-18-11-6-9(5-8-3-4-20-13(8)15)10(14(16)17)7-12(11)19-2/h5-7H,3-4H2,1-2H3. The first-order valence-electron chi connectivity index (χ1n) is 5.85. The largest absolute Gasteiger partial charge is 0.493 e. The van der Waals surface area contributed by atoms with Crippen LogP contribution in [0.25, 0.3) is 6.08 Å². The molecule has 1 saturated heterocycles. The van der Waals surface area contributed by atoms with Gasteiger partial charge in [0.15, 0.2) is 11.5 Å². The zero-order valence-electron chi connectivity index (χ0n) is 11.0. The summed E-state index contributed by atoms with van der Waals surface area (Å²) in [5.41, 5.74) is 0.525. The molecule has 1 aliphatic heterocycles. The minimum Gasteiger partial charge on any atom is -0.493 e. The lowest BCUT2D eigenvalue weighted by Gasteiger charge is -2.09. The van der Waals surface area contributed by atoms with Crippen molar-refractivity contribution in [2.75, 3.05) is 20.8 Å². The molecule has 0 radical (unpaired) electrons. The van der Waals surface area contributed by atoms with Gasteiger partial charge in [0.05, 0.1) is 37.4 Å². The molecule has 0 N–H and O–H groups in total. The highest BCUT2D eigenvalue weighted by atomic mass is 16.6. The molecule has 1 heterocycles. The Hall–Kier alpha value is -2.57. The van der Waals surface area contributed by atoms with Crippen molar-refractivity contribution in [2.24, 2.45) is 0 Å². The number of methoxy groups -OCH3 is 2. The van der Waals surface area contributed by atoms with Gasteiger partial charge in [0.2, 0.25) is 0 Å². The van der Waals surface area contributed by atoms with Crippen LogP contribution < -0.4 is 9.47 Å². The zero-order chi connectivity index (χ0) is 14.7. The summed E-state index contributed by atoms with van der Waals surface area (Å²) in [5.74, 6) is 0.167. The van der Waals surface area contributed by atoms with E-state index in [4.69, 9.17) is 14.2 Å². The number of benzene rings is 1. The SMILES string of the molecule is COc1cc(C=C2CCOC2=O)c([N+](=O)[O-])cc1OC. The summed E-state index contributed by atoms with van der Waals surface area (Å²) in [6.07, 6.45) is 1.89. The maximum Gasteiger partial charge on any atom is 0.334 e. The first kappa shape index (κ1) is 13.9. The second kappa shape index (κ2) is 5.60. The molecule has 106 valence electrons. The summed E-state index contributed by atoms with van der Waals surface area (Å²) in [6, 6.07) is 2.74. The first-order valence-corrected chi connectivity index (χ1v) is 5.85. The third-order valence-corrected chi connectivity index (χ3v) is 2.93. The van der Waals surface area contributed by atoms with Crippen molar-refractivity contribution in [1.29, 1.82) is 0 Å². The van der Waals surface area contributed by atoms with E-state index in [1.165, 1.54) is 32.4 Å². The topological polar surface area (TPSA) is 87.9 Å². The number of carbonyl (C=O) groups excluding carboxylic acids is 1. The second-order valence-corrected chi connectivity index (χ2v) is 4.08. The van der Waals surface area contributed by atoms with Crippen molar-refractivity contribution in [3.8, 4) is 11.5 Å². The summed E-state index contributed by atoms with van der Waals surface area (Å²) in [4.78, 5) is 22.0. The highest BCUT2D eigenvalue weighted by molar-refractivity contribution is 5.96. The van der Waals surface area contributed by atoms with Gasteiger partial charge < -0.3 is 14.2 Å². The minimum absolute atomic E-state index is 0.158. The van der Waals surface area contributed by atoms with Gasteiger partial charge in [-0.3, -0.25) is 10.1 Å². The van der Waals surface area contributed by atoms with Gasteiger partial charge >= 0.3 is 5.97 Å². The normalized spacial score (nSPS) is 16.1. The molecule has 0 unspecified atom stereocenters. The van der Waals surface area contributed by atoms with Crippen molar-refractivity contribution < 1.29 is 23.9 Å². The van der Waals surface area contributed by atoms with E-state index >= 15 is 0 Å². The maximum absolute atomic E-state index is 11.4. The average Bonchev–Trinajstić information content (AvgIpc) is 2.83. The van der Waals surface area contributed by atoms with Gasteiger partial charge in [-0.25, -0.2) is 4.79 Å². The third-order valence-electron chi connectivity index (χ3n) is 2.93. The van der Waals surface area contributed by atoms with E-state index in [2.05, 4.69) is 0 Å². The number of esters is 1. The molecule has 0 bridgehead atoms. The number of hydrogen-bond donors (Lipinski definition) is 0. The van der Waals surface area contributed by atoms with Crippen LogP contribution in [0.4, 0.5) is 5.69 Å². The monoisotopic (exact) mass is 279 g/mol. The van der Waals surface area contributed by atoms with E-state index in [1.54, 1.807) is 0 Å². The van der Waals surface area contributed by atoms with E-state index in [-0.39, 0.29) is 17.0 Å². The Kier molecular flexibility index (Phi) is 3.88. The number of carbonyl (C=O) groups is 1. The molecule has 0 atom stereocenters. The molecular formula is C13H13NO6. The second-order valence-electron chi connectivity index (χ2n) is 4.08. The Labute approximate surface area is 114 Å². The molecule has 0 aliphatic carbocycles. The highest BCUT2D eigenvalue weighted by Crippen LogP contribution is 2.36. The molecule has 1 aliphatic rings. The molecule has 0 amide bonds. The van der Waals surface area contributed by atoms with E-state index in [9.17, 15) is 14.9 Å². The quantitative estimate of drug-likeness (QED) is 0.362. The predicted molar refractivity (Wildman–Crippen MR) is 69.8 cm³/mol. The molecule has 0 aromatic heterocycles. The van der Waals surface area contributed by atoms with Crippen LogP contribution in [0.2, 0.25) is 0 Å². The summed E-state index contributed by atoms with van der Waals surface area (Å²) in [6.45, 7) is 0.297. The summed E-state index contributed by atoms with van der Waals surface area (Å²) >= 11 is 0. The van der Waals surface area contributed by atoms with Crippen molar-refractivity contribution in [3.63, 3.8) is 0 Å². The Bertz CT molecular complexity index is 593. The zero-order valence-corrected chi connectivity index (χ0v) is 11.0. The Morgan fingerprint density at radius 1 is 1.30 bits per heavy atom. The fourth-order valence-electron chi connectivity index (χ4n) is 1.92. The summed E-state index contributed by atoms with van der Waals surface area (Å²) in [5, 5.41) is 11.1. The molecule has 7 heteroatoms. The first-order chi connectivity index (χ1) is 9.56. The van der Waals surface area contributed by atoms with Gasteiger partial charge in [0.25, 0.3) is 5.69 Å². The van der Waals surface area contributed by atoms with Gasteiger partial charge in [0.1, 0.15) is 0 Å². The number of nitro groups is 1. The maximum atomic E-state index is 11.4. The van der Waals surface area contributed by atoms with E-state index in [0.717, 1.165) is 0 Å². The van der Waals surface area contributed by atoms with E-state index in [0.29, 0.717) is 24.4 Å². The molecule has 1 aromatic rings. The number of nitro benzene ring substituents is 1. The van der Waals surface area contributed by atoms with E-state index in [1.807, 2.05) is 0 Å². The number of ether oxygens (including phenoxy) is 3. The van der Waals surface area contributed by atoms with E-state index < -0.39 is 10.9 Å². The fourth-order valence-corrected chi connectivity index (χ4v) is 1.92. The minimum atomic E-state index is -0.533. The van der Waals surface area contributed by atoms with Crippen LogP contribution in [0, 0.1) is 10.1 Å². The number of hydrogen-bond acceptors (Lipinski definition) is 6. The Morgan fingerprint density at radius 2 is 1.95 bits per heavy atom. The van der Waals surface area contributed by atoms with Gasteiger partial charge in [-0.1, -0.05) is 0 Å². The van der Waals surface area contributed by atoms with Crippen molar-refractivity contribution in [2.45, 2.75) is 6.42 Å². The predicted octanol–water partition coefficient (Wildman–Crippen LogP) is 1.94. The molecule has 2 rings (SSSR count). The molecule has 1 fully saturated rings. The van der Waals surface area contributed by atoms with Crippen LogP contribution in [-0.4, -0.2) is 31.7 Å². The molecule has 1 aromatic carbocycles. The molecule has 20 heavy (non-hydrogen) atoms. The van der Waals surface area contributed by atoms with Crippen LogP contribution >= 0.6 is 0 Å². The number of cyclic esters (lactones) is 1. The molecule has 0 saturated carbocycles. The van der Waals surface area contributed by atoms with Crippen LogP contribution in [0.5, 0.6) is 11.5 Å². The highest BCUT2D eigenvalue weighted by Gasteiger charge is 2.23. The van der Waals surface area contributed by atoms with Crippen molar-refractivity contribution >= 4 is 17.7 Å². The molecule has 7 nitrogen and oxygen atoms in total. The Balaban J connectivity index is 2.55. The van der Waals surface area contributed by atoms with Gasteiger partial charge in [-0.15, -0.1) is 0 Å². The summed E-state index contributed by atoms with van der Waals surface area (Å²) in [7, 11) is 2.83. The third kappa shape index (κ3) is 2.56.